The third-order valence-corrected chi connectivity index (χ3v) is 6.06. The number of aryl methyl sites for hydroxylation is 2. The fourth-order valence-electron chi connectivity index (χ4n) is 4.09. The Kier molecular flexibility index (Phi) is 6.21. The van der Waals surface area contributed by atoms with Gasteiger partial charge in [0, 0.05) is 43.5 Å². The van der Waals surface area contributed by atoms with Crippen molar-refractivity contribution in [2.45, 2.75) is 45.9 Å². The van der Waals surface area contributed by atoms with Gasteiger partial charge in [0.1, 0.15) is 11.1 Å². The first-order chi connectivity index (χ1) is 15.2. The van der Waals surface area contributed by atoms with E-state index in [1.165, 1.54) is 4.68 Å². The number of aliphatic hydroxyl groups excluding tert-OH is 1. The predicted octanol–water partition coefficient (Wildman–Crippen LogP) is 2.35. The second-order valence-corrected chi connectivity index (χ2v) is 8.58. The molecule has 32 heavy (non-hydrogen) atoms. The Morgan fingerprint density at radius 3 is 2.84 bits per heavy atom. The molecule has 0 radical (unpaired) electrons. The molecule has 1 aliphatic heterocycles. The van der Waals surface area contributed by atoms with Gasteiger partial charge in [-0.25, -0.2) is 9.67 Å². The zero-order valence-corrected chi connectivity index (χ0v) is 19.4. The van der Waals surface area contributed by atoms with Gasteiger partial charge in [0.2, 0.25) is 5.88 Å². The predicted molar refractivity (Wildman–Crippen MR) is 122 cm³/mol. The Morgan fingerprint density at radius 1 is 1.38 bits per heavy atom. The molecule has 1 fully saturated rings. The number of aromatic nitrogens is 5. The topological polar surface area (TPSA) is 98.3 Å². The van der Waals surface area contributed by atoms with Gasteiger partial charge in [0.05, 0.1) is 36.8 Å². The highest BCUT2D eigenvalue weighted by molar-refractivity contribution is 6.33. The molecular weight excluding hydrogens is 432 g/mol. The highest BCUT2D eigenvalue weighted by Crippen LogP contribution is 2.30. The van der Waals surface area contributed by atoms with Gasteiger partial charge in [-0.1, -0.05) is 11.6 Å². The van der Waals surface area contributed by atoms with E-state index in [2.05, 4.69) is 15.2 Å². The first-order valence-corrected chi connectivity index (χ1v) is 10.9. The van der Waals surface area contributed by atoms with Crippen LogP contribution >= 0.6 is 11.6 Å². The van der Waals surface area contributed by atoms with Crippen LogP contribution in [0.15, 0.2) is 29.3 Å². The number of rotatable bonds is 6. The van der Waals surface area contributed by atoms with E-state index in [0.717, 1.165) is 28.9 Å². The van der Waals surface area contributed by atoms with Gasteiger partial charge in [-0.05, 0) is 32.4 Å². The van der Waals surface area contributed by atoms with Crippen LogP contribution in [0.25, 0.3) is 11.1 Å². The number of anilines is 1. The number of nitrogens with zero attached hydrogens (tertiary/aromatic N) is 6. The number of hydrogen-bond donors (Lipinski definition) is 1. The van der Waals surface area contributed by atoms with Crippen LogP contribution in [0.2, 0.25) is 5.02 Å². The molecule has 0 aromatic carbocycles. The smallest absolute Gasteiger partial charge is 0.287 e. The molecule has 2 atom stereocenters. The largest absolute Gasteiger partial charge is 0.472 e. The lowest BCUT2D eigenvalue weighted by atomic mass is 10.1. The lowest BCUT2D eigenvalue weighted by Gasteiger charge is -2.20. The molecule has 1 saturated heterocycles. The summed E-state index contributed by atoms with van der Waals surface area (Å²) in [5.41, 5.74) is 4.31. The summed E-state index contributed by atoms with van der Waals surface area (Å²) >= 11 is 6.33. The normalized spacial score (nSPS) is 17.1. The van der Waals surface area contributed by atoms with E-state index < -0.39 is 11.7 Å². The molecule has 1 unspecified atom stereocenters. The van der Waals surface area contributed by atoms with E-state index in [1.54, 1.807) is 19.3 Å². The second-order valence-electron chi connectivity index (χ2n) is 8.21. The van der Waals surface area contributed by atoms with Gasteiger partial charge in [-0.3, -0.25) is 9.48 Å². The molecule has 1 aliphatic rings. The van der Waals surface area contributed by atoms with Crippen molar-refractivity contribution >= 4 is 17.3 Å². The maximum absolute atomic E-state index is 12.5. The van der Waals surface area contributed by atoms with E-state index in [-0.39, 0.29) is 17.7 Å². The standard InChI is InChI=1S/C22H27ClN6O3/c1-13(30)11-29-22(31)21(23)18(10-25-29)28-8-6-17(12-28)32-19-9-16(5-7-24-19)20-14(2)26-27(4)15(20)3/h5,7,9-10,13,17,30H,6,8,11-12H2,1-4H3/t13?,17-/m1/s1. The summed E-state index contributed by atoms with van der Waals surface area (Å²) in [7, 11) is 1.93. The van der Waals surface area contributed by atoms with Crippen molar-refractivity contribution in [3.63, 3.8) is 0 Å². The second kappa shape index (κ2) is 8.91. The summed E-state index contributed by atoms with van der Waals surface area (Å²) in [5, 5.41) is 18.3. The average molecular weight is 459 g/mol. The molecule has 4 rings (SSSR count). The zero-order valence-electron chi connectivity index (χ0n) is 18.6. The first-order valence-electron chi connectivity index (χ1n) is 10.6. The number of hydrogen-bond acceptors (Lipinski definition) is 7. The van der Waals surface area contributed by atoms with Crippen LogP contribution in [0.1, 0.15) is 24.7 Å². The lowest BCUT2D eigenvalue weighted by molar-refractivity contribution is 0.166. The molecule has 3 aromatic heterocycles. The fraction of sp³-hybridized carbons (Fsp3) is 0.455. The summed E-state index contributed by atoms with van der Waals surface area (Å²) in [6, 6.07) is 3.89. The quantitative estimate of drug-likeness (QED) is 0.605. The molecule has 0 spiro atoms. The Hall–Kier alpha value is -2.91. The molecule has 0 amide bonds. The van der Waals surface area contributed by atoms with Crippen molar-refractivity contribution < 1.29 is 9.84 Å². The Labute approximate surface area is 191 Å². The van der Waals surface area contributed by atoms with Crippen LogP contribution in [-0.2, 0) is 13.6 Å². The van der Waals surface area contributed by atoms with Crippen molar-refractivity contribution in [3.8, 4) is 17.0 Å². The van der Waals surface area contributed by atoms with Crippen LogP contribution in [0, 0.1) is 13.8 Å². The van der Waals surface area contributed by atoms with Gasteiger partial charge in [0.15, 0.2) is 0 Å². The molecule has 10 heteroatoms. The molecule has 170 valence electrons. The minimum Gasteiger partial charge on any atom is -0.472 e. The summed E-state index contributed by atoms with van der Waals surface area (Å²) in [6.45, 7) is 6.98. The summed E-state index contributed by atoms with van der Waals surface area (Å²) in [5.74, 6) is 0.550. The Balaban J connectivity index is 1.49. The van der Waals surface area contributed by atoms with Gasteiger partial charge >= 0.3 is 0 Å². The number of pyridine rings is 1. The van der Waals surface area contributed by atoms with E-state index >= 15 is 0 Å². The summed E-state index contributed by atoms with van der Waals surface area (Å²) < 4.78 is 9.21. The maximum atomic E-state index is 12.5. The van der Waals surface area contributed by atoms with Crippen LogP contribution in [0.4, 0.5) is 5.69 Å². The average Bonchev–Trinajstić information content (AvgIpc) is 3.29. The zero-order chi connectivity index (χ0) is 23.0. The molecule has 1 N–H and O–H groups in total. The molecule has 0 aliphatic carbocycles. The molecular formula is C22H27ClN6O3. The van der Waals surface area contributed by atoms with Crippen molar-refractivity contribution in [1.82, 2.24) is 24.5 Å². The van der Waals surface area contributed by atoms with Crippen molar-refractivity contribution in [3.05, 3.63) is 51.3 Å². The SMILES string of the molecule is Cc1nn(C)c(C)c1-c1ccnc(O[C@@H]2CCN(c3cnn(CC(C)O)c(=O)c3Cl)C2)c1. The Morgan fingerprint density at radius 2 is 2.16 bits per heavy atom. The van der Waals surface area contributed by atoms with Crippen LogP contribution in [-0.4, -0.2) is 54.9 Å². The highest BCUT2D eigenvalue weighted by Gasteiger charge is 2.27. The van der Waals surface area contributed by atoms with E-state index in [0.29, 0.717) is 24.7 Å². The van der Waals surface area contributed by atoms with E-state index in [9.17, 15) is 9.90 Å². The van der Waals surface area contributed by atoms with E-state index in [1.807, 2.05) is 42.6 Å². The van der Waals surface area contributed by atoms with Crippen LogP contribution < -0.4 is 15.2 Å². The van der Waals surface area contributed by atoms with Gasteiger partial charge in [-0.2, -0.15) is 10.2 Å². The third-order valence-electron chi connectivity index (χ3n) is 5.71. The minimum absolute atomic E-state index is 0.0928. The van der Waals surface area contributed by atoms with Gasteiger partial charge in [-0.15, -0.1) is 0 Å². The molecule has 9 nitrogen and oxygen atoms in total. The van der Waals surface area contributed by atoms with Gasteiger partial charge < -0.3 is 14.7 Å². The highest BCUT2D eigenvalue weighted by atomic mass is 35.5. The monoisotopic (exact) mass is 458 g/mol. The van der Waals surface area contributed by atoms with Crippen LogP contribution in [0.3, 0.4) is 0 Å². The van der Waals surface area contributed by atoms with Crippen molar-refractivity contribution in [1.29, 1.82) is 0 Å². The molecule has 0 bridgehead atoms. The number of halogens is 1. The summed E-state index contributed by atoms with van der Waals surface area (Å²) in [4.78, 5) is 18.8. The van der Waals surface area contributed by atoms with Crippen molar-refractivity contribution in [2.75, 3.05) is 18.0 Å². The lowest BCUT2D eigenvalue weighted by Crippen LogP contribution is -2.31. The molecule has 3 aromatic rings. The van der Waals surface area contributed by atoms with Crippen molar-refractivity contribution in [2.24, 2.45) is 7.05 Å². The number of ether oxygens (including phenoxy) is 1. The molecule has 0 saturated carbocycles. The first kappa shape index (κ1) is 22.3. The van der Waals surface area contributed by atoms with Crippen LogP contribution in [0.5, 0.6) is 5.88 Å². The Bertz CT molecular complexity index is 1190. The summed E-state index contributed by atoms with van der Waals surface area (Å²) in [6.07, 6.45) is 3.30. The van der Waals surface area contributed by atoms with E-state index in [4.69, 9.17) is 16.3 Å². The van der Waals surface area contributed by atoms with Gasteiger partial charge in [0.25, 0.3) is 5.56 Å². The minimum atomic E-state index is -0.686. The maximum Gasteiger partial charge on any atom is 0.287 e. The fourth-order valence-corrected chi connectivity index (χ4v) is 4.36. The third kappa shape index (κ3) is 4.35. The molecule has 4 heterocycles. The number of aliphatic hydroxyl groups is 1.